The summed E-state index contributed by atoms with van der Waals surface area (Å²) < 4.78 is 8.07. The van der Waals surface area contributed by atoms with Crippen molar-refractivity contribution in [3.8, 4) is 0 Å². The van der Waals surface area contributed by atoms with Crippen LogP contribution in [0.3, 0.4) is 0 Å². The molecular formula is C20H29N3O2. The highest BCUT2D eigenvalue weighted by Crippen LogP contribution is 2.32. The fourth-order valence-electron chi connectivity index (χ4n) is 4.09. The summed E-state index contributed by atoms with van der Waals surface area (Å²) in [7, 11) is 2.05. The number of hydrogen-bond acceptors (Lipinski definition) is 3. The highest BCUT2D eigenvalue weighted by Gasteiger charge is 2.32. The highest BCUT2D eigenvalue weighted by molar-refractivity contribution is 5.79. The molecule has 1 aliphatic heterocycles. The summed E-state index contributed by atoms with van der Waals surface area (Å²) in [6.07, 6.45) is 12.0. The van der Waals surface area contributed by atoms with E-state index in [1.165, 1.54) is 37.0 Å². The fraction of sp³-hybridized carbons (Fsp3) is 0.700. The van der Waals surface area contributed by atoms with E-state index < -0.39 is 0 Å². The van der Waals surface area contributed by atoms with Crippen LogP contribution in [0, 0.1) is 5.92 Å². The number of nitrogens with zero attached hydrogens (tertiary/aromatic N) is 3. The Labute approximate surface area is 150 Å². The molecule has 3 aliphatic rings. The summed E-state index contributed by atoms with van der Waals surface area (Å²) in [4.78, 5) is 19.4. The number of ether oxygens (including phenoxy) is 1. The van der Waals surface area contributed by atoms with Gasteiger partial charge in [-0.15, -0.1) is 0 Å². The number of hydrogen-bond donors (Lipinski definition) is 0. The molecule has 0 saturated heterocycles. The molecule has 1 aromatic rings. The van der Waals surface area contributed by atoms with E-state index in [0.717, 1.165) is 37.6 Å². The lowest BCUT2D eigenvalue weighted by Crippen LogP contribution is -2.40. The average Bonchev–Trinajstić information content (AvgIpc) is 3.37. The SMILES string of the molecule is Cn1cnc2c1C(COCC1CC1)CN(C(=O)CC1=CCCCC1)C2. The number of amides is 1. The van der Waals surface area contributed by atoms with Crippen molar-refractivity contribution in [3.05, 3.63) is 29.4 Å². The van der Waals surface area contributed by atoms with Crippen molar-refractivity contribution in [2.24, 2.45) is 13.0 Å². The lowest BCUT2D eigenvalue weighted by Gasteiger charge is -2.33. The minimum Gasteiger partial charge on any atom is -0.380 e. The Bertz CT molecular complexity index is 660. The largest absolute Gasteiger partial charge is 0.380 e. The first-order valence-corrected chi connectivity index (χ1v) is 9.74. The van der Waals surface area contributed by atoms with E-state index >= 15 is 0 Å². The summed E-state index contributed by atoms with van der Waals surface area (Å²) in [5.41, 5.74) is 3.61. The average molecular weight is 343 g/mol. The van der Waals surface area contributed by atoms with Gasteiger partial charge in [0, 0.05) is 38.2 Å². The molecule has 2 aliphatic carbocycles. The number of carbonyl (C=O) groups excluding carboxylic acids is 1. The van der Waals surface area contributed by atoms with Crippen LogP contribution in [0.4, 0.5) is 0 Å². The Hall–Kier alpha value is -1.62. The molecular weight excluding hydrogens is 314 g/mol. The molecule has 0 aromatic carbocycles. The maximum absolute atomic E-state index is 12.8. The van der Waals surface area contributed by atoms with Crippen molar-refractivity contribution in [2.45, 2.75) is 57.4 Å². The quantitative estimate of drug-likeness (QED) is 0.746. The Kier molecular flexibility index (Phi) is 4.93. The van der Waals surface area contributed by atoms with Crippen molar-refractivity contribution < 1.29 is 9.53 Å². The smallest absolute Gasteiger partial charge is 0.227 e. The third kappa shape index (κ3) is 3.97. The maximum Gasteiger partial charge on any atom is 0.227 e. The topological polar surface area (TPSA) is 47.4 Å². The lowest BCUT2D eigenvalue weighted by atomic mass is 9.95. The predicted molar refractivity (Wildman–Crippen MR) is 96.1 cm³/mol. The normalized spacial score (nSPS) is 23.3. The summed E-state index contributed by atoms with van der Waals surface area (Å²) in [5.74, 6) is 1.25. The van der Waals surface area contributed by atoms with E-state index in [2.05, 4.69) is 15.6 Å². The highest BCUT2D eigenvalue weighted by atomic mass is 16.5. The molecule has 0 spiro atoms. The van der Waals surface area contributed by atoms with Crippen LogP contribution in [0.25, 0.3) is 0 Å². The molecule has 25 heavy (non-hydrogen) atoms. The van der Waals surface area contributed by atoms with Crippen molar-refractivity contribution in [1.82, 2.24) is 14.5 Å². The van der Waals surface area contributed by atoms with Crippen LogP contribution in [0.5, 0.6) is 0 Å². The Morgan fingerprint density at radius 2 is 2.20 bits per heavy atom. The number of rotatable bonds is 6. The van der Waals surface area contributed by atoms with Crippen molar-refractivity contribution in [3.63, 3.8) is 0 Å². The first kappa shape index (κ1) is 16.8. The first-order valence-electron chi connectivity index (χ1n) is 9.74. The Morgan fingerprint density at radius 3 is 2.96 bits per heavy atom. The van der Waals surface area contributed by atoms with Crippen molar-refractivity contribution in [1.29, 1.82) is 0 Å². The molecule has 1 fully saturated rings. The van der Waals surface area contributed by atoms with Gasteiger partial charge in [-0.3, -0.25) is 4.79 Å². The minimum absolute atomic E-state index is 0.235. The molecule has 5 heteroatoms. The first-order chi connectivity index (χ1) is 12.2. The van der Waals surface area contributed by atoms with Gasteiger partial charge in [-0.2, -0.15) is 0 Å². The molecule has 1 unspecified atom stereocenters. The number of allylic oxidation sites excluding steroid dienone is 1. The monoisotopic (exact) mass is 343 g/mol. The molecule has 1 aromatic heterocycles. The van der Waals surface area contributed by atoms with Gasteiger partial charge < -0.3 is 14.2 Å². The standard InChI is InChI=1S/C20H29N3O2/c1-22-14-21-18-11-23(19(24)9-15-5-3-2-4-6-15)10-17(20(18)22)13-25-12-16-7-8-16/h5,14,16-17H,2-4,6-13H2,1H3. The number of carbonyl (C=O) groups is 1. The Balaban J connectivity index is 1.42. The Morgan fingerprint density at radius 1 is 1.32 bits per heavy atom. The van der Waals surface area contributed by atoms with Gasteiger partial charge >= 0.3 is 0 Å². The van der Waals surface area contributed by atoms with Gasteiger partial charge in [-0.05, 0) is 44.4 Å². The zero-order chi connectivity index (χ0) is 17.2. The van der Waals surface area contributed by atoms with Gasteiger partial charge in [-0.25, -0.2) is 4.98 Å². The summed E-state index contributed by atoms with van der Waals surface area (Å²) in [5, 5.41) is 0. The number of imidazole rings is 1. The van der Waals surface area contributed by atoms with Crippen molar-refractivity contribution >= 4 is 5.91 Å². The van der Waals surface area contributed by atoms with E-state index in [0.29, 0.717) is 19.6 Å². The molecule has 136 valence electrons. The van der Waals surface area contributed by atoms with Crippen LogP contribution < -0.4 is 0 Å². The third-order valence-electron chi connectivity index (χ3n) is 5.72. The van der Waals surface area contributed by atoms with Crippen molar-refractivity contribution in [2.75, 3.05) is 19.8 Å². The van der Waals surface area contributed by atoms with E-state index in [1.54, 1.807) is 0 Å². The van der Waals surface area contributed by atoms with Crippen LogP contribution in [0.15, 0.2) is 18.0 Å². The molecule has 0 N–H and O–H groups in total. The van der Waals surface area contributed by atoms with Crippen LogP contribution in [0.2, 0.25) is 0 Å². The zero-order valence-electron chi connectivity index (χ0n) is 15.2. The molecule has 2 heterocycles. The second-order valence-electron chi connectivity index (χ2n) is 7.92. The molecule has 1 saturated carbocycles. The minimum atomic E-state index is 0.235. The fourth-order valence-corrected chi connectivity index (χ4v) is 4.09. The van der Waals surface area contributed by atoms with Crippen LogP contribution in [-0.2, 0) is 23.1 Å². The van der Waals surface area contributed by atoms with Gasteiger partial charge in [0.05, 0.1) is 25.2 Å². The summed E-state index contributed by atoms with van der Waals surface area (Å²) in [6, 6.07) is 0. The van der Waals surface area contributed by atoms with Crippen LogP contribution >= 0.6 is 0 Å². The van der Waals surface area contributed by atoms with Gasteiger partial charge in [-0.1, -0.05) is 11.6 Å². The third-order valence-corrected chi connectivity index (χ3v) is 5.72. The summed E-state index contributed by atoms with van der Waals surface area (Å²) >= 11 is 0. The van der Waals surface area contributed by atoms with Gasteiger partial charge in [0.25, 0.3) is 0 Å². The van der Waals surface area contributed by atoms with E-state index in [9.17, 15) is 4.79 Å². The van der Waals surface area contributed by atoms with E-state index in [1.807, 2.05) is 18.3 Å². The molecule has 5 nitrogen and oxygen atoms in total. The van der Waals surface area contributed by atoms with Crippen LogP contribution in [0.1, 0.15) is 62.3 Å². The second kappa shape index (κ2) is 7.32. The van der Waals surface area contributed by atoms with Crippen LogP contribution in [-0.4, -0.2) is 40.1 Å². The predicted octanol–water partition coefficient (Wildman–Crippen LogP) is 3.16. The number of fused-ring (bicyclic) bond motifs is 1. The second-order valence-corrected chi connectivity index (χ2v) is 7.92. The van der Waals surface area contributed by atoms with E-state index in [-0.39, 0.29) is 11.8 Å². The van der Waals surface area contributed by atoms with E-state index in [4.69, 9.17) is 4.74 Å². The molecule has 4 rings (SSSR count). The lowest BCUT2D eigenvalue weighted by molar-refractivity contribution is -0.132. The molecule has 0 bridgehead atoms. The summed E-state index contributed by atoms with van der Waals surface area (Å²) in [6.45, 7) is 2.95. The van der Waals surface area contributed by atoms with Gasteiger partial charge in [0.15, 0.2) is 0 Å². The number of aryl methyl sites for hydroxylation is 1. The molecule has 1 atom stereocenters. The maximum atomic E-state index is 12.8. The number of aromatic nitrogens is 2. The van der Waals surface area contributed by atoms with Gasteiger partial charge in [0.1, 0.15) is 0 Å². The molecule has 0 radical (unpaired) electrons. The zero-order valence-corrected chi connectivity index (χ0v) is 15.2. The van der Waals surface area contributed by atoms with Gasteiger partial charge in [0.2, 0.25) is 5.91 Å². The molecule has 1 amide bonds.